The van der Waals surface area contributed by atoms with E-state index in [2.05, 4.69) is 10.3 Å². The van der Waals surface area contributed by atoms with E-state index in [1.807, 2.05) is 43.5 Å². The number of fused-ring (bicyclic) bond motifs is 1. The topological polar surface area (TPSA) is 64.0 Å². The summed E-state index contributed by atoms with van der Waals surface area (Å²) in [7, 11) is 0. The zero-order valence-electron chi connectivity index (χ0n) is 14.9. The molecule has 1 aliphatic rings. The van der Waals surface area contributed by atoms with E-state index in [1.54, 1.807) is 0 Å². The van der Waals surface area contributed by atoms with Crippen molar-refractivity contribution in [3.63, 3.8) is 0 Å². The minimum atomic E-state index is -0.166. The average molecular weight is 367 g/mol. The summed E-state index contributed by atoms with van der Waals surface area (Å²) in [6.07, 6.45) is 3.81. The first-order valence-electron chi connectivity index (χ1n) is 8.86. The minimum absolute atomic E-state index is 0.00200. The lowest BCUT2D eigenvalue weighted by molar-refractivity contribution is -0.122. The second-order valence-electron chi connectivity index (χ2n) is 7.07. The van der Waals surface area contributed by atoms with E-state index in [0.29, 0.717) is 16.1 Å². The number of benzene rings is 1. The van der Waals surface area contributed by atoms with E-state index in [9.17, 15) is 9.59 Å². The van der Waals surface area contributed by atoms with Crippen molar-refractivity contribution < 1.29 is 4.79 Å². The summed E-state index contributed by atoms with van der Waals surface area (Å²) < 4.78 is 1.40. The molecular formula is C20H21N3O2S. The normalized spacial score (nSPS) is 15.2. The molecule has 3 aromatic rings. The number of rotatable bonds is 5. The van der Waals surface area contributed by atoms with Gasteiger partial charge in [-0.15, -0.1) is 11.3 Å². The SMILES string of the molecule is Cc1ccc(-c2csc3ncn(CC(=O)N[C@H](C)C4CC4)c(=O)c23)cc1. The fraction of sp³-hybridized carbons (Fsp3) is 0.350. The molecule has 1 aliphatic carbocycles. The molecule has 134 valence electrons. The Morgan fingerprint density at radius 2 is 2.08 bits per heavy atom. The van der Waals surface area contributed by atoms with Crippen molar-refractivity contribution in [3.8, 4) is 11.1 Å². The Bertz CT molecular complexity index is 1020. The van der Waals surface area contributed by atoms with E-state index < -0.39 is 0 Å². The molecule has 1 N–H and O–H groups in total. The summed E-state index contributed by atoms with van der Waals surface area (Å²) in [5, 5.41) is 5.54. The highest BCUT2D eigenvalue weighted by Crippen LogP contribution is 2.32. The van der Waals surface area contributed by atoms with Crippen LogP contribution >= 0.6 is 11.3 Å². The quantitative estimate of drug-likeness (QED) is 0.752. The first-order chi connectivity index (χ1) is 12.5. The molecule has 0 bridgehead atoms. The fourth-order valence-corrected chi connectivity index (χ4v) is 4.10. The first kappa shape index (κ1) is 17.0. The molecule has 1 aromatic carbocycles. The third-order valence-electron chi connectivity index (χ3n) is 4.96. The zero-order valence-corrected chi connectivity index (χ0v) is 15.7. The van der Waals surface area contributed by atoms with Crippen LogP contribution < -0.4 is 10.9 Å². The summed E-state index contributed by atoms with van der Waals surface area (Å²) in [4.78, 5) is 30.3. The van der Waals surface area contributed by atoms with Gasteiger partial charge in [-0.25, -0.2) is 4.98 Å². The van der Waals surface area contributed by atoms with Crippen LogP contribution in [0.25, 0.3) is 21.3 Å². The van der Waals surface area contributed by atoms with E-state index in [-0.39, 0.29) is 24.1 Å². The average Bonchev–Trinajstić information content (AvgIpc) is 3.38. The van der Waals surface area contributed by atoms with Crippen molar-refractivity contribution >= 4 is 27.5 Å². The number of carbonyl (C=O) groups excluding carboxylic acids is 1. The second-order valence-corrected chi connectivity index (χ2v) is 7.92. The fourth-order valence-electron chi connectivity index (χ4n) is 3.19. The number of aryl methyl sites for hydroxylation is 1. The van der Waals surface area contributed by atoms with Crippen molar-refractivity contribution in [2.75, 3.05) is 0 Å². The summed E-state index contributed by atoms with van der Waals surface area (Å²) in [6.45, 7) is 4.06. The van der Waals surface area contributed by atoms with Crippen LogP contribution in [0.4, 0.5) is 0 Å². The highest BCUT2D eigenvalue weighted by atomic mass is 32.1. The summed E-state index contributed by atoms with van der Waals surface area (Å²) in [5.74, 6) is 0.445. The summed E-state index contributed by atoms with van der Waals surface area (Å²) >= 11 is 1.45. The molecule has 0 spiro atoms. The predicted molar refractivity (Wildman–Crippen MR) is 104 cm³/mol. The maximum Gasteiger partial charge on any atom is 0.263 e. The van der Waals surface area contributed by atoms with Crippen molar-refractivity contribution in [3.05, 3.63) is 51.9 Å². The monoisotopic (exact) mass is 367 g/mol. The number of hydrogen-bond acceptors (Lipinski definition) is 4. The van der Waals surface area contributed by atoms with Gasteiger partial charge in [0.25, 0.3) is 5.56 Å². The first-order valence-corrected chi connectivity index (χ1v) is 9.74. The lowest BCUT2D eigenvalue weighted by atomic mass is 10.1. The van der Waals surface area contributed by atoms with Crippen molar-refractivity contribution in [1.82, 2.24) is 14.9 Å². The lowest BCUT2D eigenvalue weighted by Crippen LogP contribution is -2.38. The largest absolute Gasteiger partial charge is 0.352 e. The number of aromatic nitrogens is 2. The molecule has 1 amide bonds. The smallest absolute Gasteiger partial charge is 0.263 e. The number of nitrogens with one attached hydrogen (secondary N) is 1. The number of carbonyl (C=O) groups is 1. The highest BCUT2D eigenvalue weighted by Gasteiger charge is 2.29. The van der Waals surface area contributed by atoms with Crippen LogP contribution in [0.3, 0.4) is 0 Å². The molecule has 4 rings (SSSR count). The second kappa shape index (κ2) is 6.68. The molecule has 6 heteroatoms. The Balaban J connectivity index is 1.65. The van der Waals surface area contributed by atoms with Gasteiger partial charge in [-0.2, -0.15) is 0 Å². The van der Waals surface area contributed by atoms with Gasteiger partial charge in [0.05, 0.1) is 11.7 Å². The molecule has 0 aliphatic heterocycles. The molecule has 2 aromatic heterocycles. The molecular weight excluding hydrogens is 346 g/mol. The Morgan fingerprint density at radius 3 is 2.77 bits per heavy atom. The van der Waals surface area contributed by atoms with Crippen LogP contribution in [0.1, 0.15) is 25.3 Å². The van der Waals surface area contributed by atoms with Gasteiger partial charge >= 0.3 is 0 Å². The third kappa shape index (κ3) is 3.29. The Hall–Kier alpha value is -2.47. The van der Waals surface area contributed by atoms with Gasteiger partial charge in [0.2, 0.25) is 5.91 Å². The lowest BCUT2D eigenvalue weighted by Gasteiger charge is -2.13. The van der Waals surface area contributed by atoms with Crippen molar-refractivity contribution in [2.24, 2.45) is 5.92 Å². The molecule has 1 saturated carbocycles. The van der Waals surface area contributed by atoms with Crippen LogP contribution in [0.15, 0.2) is 40.8 Å². The summed E-state index contributed by atoms with van der Waals surface area (Å²) in [5.41, 5.74) is 2.88. The van der Waals surface area contributed by atoms with E-state index in [1.165, 1.54) is 40.6 Å². The molecule has 5 nitrogen and oxygen atoms in total. The maximum absolute atomic E-state index is 13.0. The molecule has 26 heavy (non-hydrogen) atoms. The van der Waals surface area contributed by atoms with Crippen LogP contribution in [0, 0.1) is 12.8 Å². The van der Waals surface area contributed by atoms with Gasteiger partial charge in [0.15, 0.2) is 0 Å². The third-order valence-corrected chi connectivity index (χ3v) is 5.84. The van der Waals surface area contributed by atoms with Crippen LogP contribution in [-0.2, 0) is 11.3 Å². The molecule has 0 saturated heterocycles. The molecule has 0 unspecified atom stereocenters. The zero-order chi connectivity index (χ0) is 18.3. The minimum Gasteiger partial charge on any atom is -0.352 e. The van der Waals surface area contributed by atoms with Crippen LogP contribution in [0.2, 0.25) is 0 Å². The highest BCUT2D eigenvalue weighted by molar-refractivity contribution is 7.17. The molecule has 0 radical (unpaired) electrons. The van der Waals surface area contributed by atoms with Crippen LogP contribution in [0.5, 0.6) is 0 Å². The van der Waals surface area contributed by atoms with Crippen LogP contribution in [-0.4, -0.2) is 21.5 Å². The van der Waals surface area contributed by atoms with E-state index in [0.717, 1.165) is 11.1 Å². The van der Waals surface area contributed by atoms with Gasteiger partial charge < -0.3 is 5.32 Å². The Kier molecular flexibility index (Phi) is 4.36. The summed E-state index contributed by atoms with van der Waals surface area (Å²) in [6, 6.07) is 8.25. The van der Waals surface area contributed by atoms with Gasteiger partial charge in [-0.05, 0) is 38.2 Å². The van der Waals surface area contributed by atoms with Gasteiger partial charge in [0, 0.05) is 17.0 Å². The van der Waals surface area contributed by atoms with E-state index >= 15 is 0 Å². The number of hydrogen-bond donors (Lipinski definition) is 1. The van der Waals surface area contributed by atoms with Gasteiger partial charge in [-0.3, -0.25) is 14.2 Å². The number of amides is 1. The van der Waals surface area contributed by atoms with Crippen molar-refractivity contribution in [1.29, 1.82) is 0 Å². The van der Waals surface area contributed by atoms with Gasteiger partial charge in [-0.1, -0.05) is 29.8 Å². The van der Waals surface area contributed by atoms with Crippen molar-refractivity contribution in [2.45, 2.75) is 39.3 Å². The maximum atomic E-state index is 13.0. The van der Waals surface area contributed by atoms with E-state index in [4.69, 9.17) is 0 Å². The Morgan fingerprint density at radius 1 is 1.35 bits per heavy atom. The Labute approximate surface area is 155 Å². The molecule has 2 heterocycles. The molecule has 1 fully saturated rings. The van der Waals surface area contributed by atoms with Gasteiger partial charge in [0.1, 0.15) is 11.4 Å². The predicted octanol–water partition coefficient (Wildman–Crippen LogP) is 3.35. The number of nitrogens with zero attached hydrogens (tertiary/aromatic N) is 2. The number of thiophene rings is 1. The molecule has 1 atom stereocenters. The standard InChI is InChI=1S/C20H21N3O2S/c1-12-3-5-15(6-4-12)16-10-26-19-18(16)20(25)23(11-21-19)9-17(24)22-13(2)14-7-8-14/h3-6,10-11,13-14H,7-9H2,1-2H3,(H,22,24)/t13-/m1/s1.